The predicted molar refractivity (Wildman–Crippen MR) is 90.6 cm³/mol. The summed E-state index contributed by atoms with van der Waals surface area (Å²) in [6, 6.07) is 3.31. The summed E-state index contributed by atoms with van der Waals surface area (Å²) >= 11 is 0. The first-order chi connectivity index (χ1) is 12.5. The van der Waals surface area contributed by atoms with E-state index in [-0.39, 0.29) is 29.1 Å². The zero-order valence-corrected chi connectivity index (χ0v) is 14.1. The van der Waals surface area contributed by atoms with Crippen LogP contribution in [0.5, 0.6) is 0 Å². The summed E-state index contributed by atoms with van der Waals surface area (Å²) in [6.45, 7) is 0. The van der Waals surface area contributed by atoms with E-state index in [1.165, 1.54) is 18.9 Å². The molecule has 26 heavy (non-hydrogen) atoms. The average molecular weight is 364 g/mol. The molecule has 3 rings (SSSR count). The number of hydrogen-bond acceptors (Lipinski definition) is 4. The number of anilines is 2. The molecule has 0 aliphatic heterocycles. The van der Waals surface area contributed by atoms with Crippen LogP contribution in [0.2, 0.25) is 0 Å². The fourth-order valence-corrected chi connectivity index (χ4v) is 2.99. The minimum atomic E-state index is -1.57. The zero-order chi connectivity index (χ0) is 18.5. The fraction of sp³-hybridized carbons (Fsp3) is 0.389. The molecule has 138 valence electrons. The van der Waals surface area contributed by atoms with Gasteiger partial charge in [0.05, 0.1) is 5.69 Å². The molecule has 0 radical (unpaired) electrons. The van der Waals surface area contributed by atoms with Crippen LogP contribution in [0.15, 0.2) is 24.5 Å². The number of aromatic nitrogens is 2. The van der Waals surface area contributed by atoms with Gasteiger partial charge in [-0.3, -0.25) is 4.79 Å². The third-order valence-corrected chi connectivity index (χ3v) is 4.39. The third-order valence-electron chi connectivity index (χ3n) is 4.39. The predicted octanol–water partition coefficient (Wildman–Crippen LogP) is 4.09. The summed E-state index contributed by atoms with van der Waals surface area (Å²) in [4.78, 5) is 20.2. The largest absolute Gasteiger partial charge is 0.348 e. The van der Waals surface area contributed by atoms with Crippen LogP contribution in [0.4, 0.5) is 24.7 Å². The van der Waals surface area contributed by atoms with E-state index < -0.39 is 17.5 Å². The highest BCUT2D eigenvalue weighted by Crippen LogP contribution is 2.23. The monoisotopic (exact) mass is 364 g/mol. The van der Waals surface area contributed by atoms with E-state index in [0.29, 0.717) is 0 Å². The molecule has 2 N–H and O–H groups in total. The molecule has 0 spiro atoms. The lowest BCUT2D eigenvalue weighted by Crippen LogP contribution is -2.34. The Balaban J connectivity index is 1.71. The number of nitrogens with one attached hydrogen (secondary N) is 2. The lowest BCUT2D eigenvalue weighted by molar-refractivity contribution is 0.0928. The minimum Gasteiger partial charge on any atom is -0.348 e. The number of carbonyl (C=O) groups excluding carboxylic acids is 1. The maximum Gasteiger partial charge on any atom is 0.270 e. The zero-order valence-electron chi connectivity index (χ0n) is 14.1. The smallest absolute Gasteiger partial charge is 0.270 e. The number of hydrogen-bond donors (Lipinski definition) is 2. The Labute approximate surface area is 149 Å². The van der Waals surface area contributed by atoms with Gasteiger partial charge in [0.25, 0.3) is 5.91 Å². The van der Waals surface area contributed by atoms with Gasteiger partial charge in [0, 0.05) is 12.1 Å². The molecule has 2 aromatic rings. The van der Waals surface area contributed by atoms with Gasteiger partial charge in [-0.05, 0) is 25.0 Å². The molecule has 1 aliphatic carbocycles. The van der Waals surface area contributed by atoms with Gasteiger partial charge in [0.2, 0.25) is 0 Å². The van der Waals surface area contributed by atoms with E-state index in [4.69, 9.17) is 0 Å². The van der Waals surface area contributed by atoms with Gasteiger partial charge in [-0.1, -0.05) is 25.7 Å². The van der Waals surface area contributed by atoms with Gasteiger partial charge in [-0.15, -0.1) is 0 Å². The Kier molecular flexibility index (Phi) is 5.70. The van der Waals surface area contributed by atoms with Crippen LogP contribution in [0.25, 0.3) is 0 Å². The number of amides is 1. The molecular formula is C18H19F3N4O. The van der Waals surface area contributed by atoms with Crippen molar-refractivity contribution in [2.24, 2.45) is 0 Å². The quantitative estimate of drug-likeness (QED) is 0.633. The SMILES string of the molecule is O=C(NC1CCCCCC1)c1cc(Nc2ccc(F)c(F)c2F)ncn1. The van der Waals surface area contributed by atoms with Crippen LogP contribution in [0.1, 0.15) is 49.0 Å². The van der Waals surface area contributed by atoms with Crippen LogP contribution < -0.4 is 10.6 Å². The number of nitrogens with zero attached hydrogens (tertiary/aromatic N) is 2. The Bertz CT molecular complexity index is 792. The Morgan fingerprint density at radius 1 is 1.00 bits per heavy atom. The van der Waals surface area contributed by atoms with Gasteiger partial charge in [0.1, 0.15) is 17.8 Å². The van der Waals surface area contributed by atoms with Crippen molar-refractivity contribution < 1.29 is 18.0 Å². The summed E-state index contributed by atoms with van der Waals surface area (Å²) in [5.74, 6) is -4.44. The molecule has 1 saturated carbocycles. The molecule has 1 aliphatic rings. The highest BCUT2D eigenvalue weighted by molar-refractivity contribution is 5.93. The normalized spacial score (nSPS) is 15.3. The summed E-state index contributed by atoms with van der Waals surface area (Å²) in [5.41, 5.74) is -0.160. The molecule has 1 amide bonds. The van der Waals surface area contributed by atoms with Crippen LogP contribution in [-0.4, -0.2) is 21.9 Å². The van der Waals surface area contributed by atoms with E-state index >= 15 is 0 Å². The van der Waals surface area contributed by atoms with E-state index in [0.717, 1.165) is 44.1 Å². The minimum absolute atomic E-state index is 0.107. The molecule has 1 aromatic carbocycles. The van der Waals surface area contributed by atoms with Gasteiger partial charge in [-0.25, -0.2) is 23.1 Å². The highest BCUT2D eigenvalue weighted by Gasteiger charge is 2.18. The lowest BCUT2D eigenvalue weighted by Gasteiger charge is -2.16. The lowest BCUT2D eigenvalue weighted by atomic mass is 10.1. The highest BCUT2D eigenvalue weighted by atomic mass is 19.2. The fourth-order valence-electron chi connectivity index (χ4n) is 2.99. The van der Waals surface area contributed by atoms with E-state index in [1.807, 2.05) is 0 Å². The summed E-state index contributed by atoms with van der Waals surface area (Å²) in [6.07, 6.45) is 7.53. The van der Waals surface area contributed by atoms with Crippen LogP contribution in [0.3, 0.4) is 0 Å². The molecule has 5 nitrogen and oxygen atoms in total. The van der Waals surface area contributed by atoms with Gasteiger partial charge >= 0.3 is 0 Å². The molecule has 1 aromatic heterocycles. The second kappa shape index (κ2) is 8.16. The van der Waals surface area contributed by atoms with Crippen molar-refractivity contribution in [2.45, 2.75) is 44.6 Å². The second-order valence-electron chi connectivity index (χ2n) is 6.30. The molecule has 0 bridgehead atoms. The molecule has 0 atom stereocenters. The van der Waals surface area contributed by atoms with Crippen molar-refractivity contribution in [1.82, 2.24) is 15.3 Å². The van der Waals surface area contributed by atoms with Crippen molar-refractivity contribution >= 4 is 17.4 Å². The average Bonchev–Trinajstić information content (AvgIpc) is 2.91. The Morgan fingerprint density at radius 3 is 2.46 bits per heavy atom. The number of halogens is 3. The number of benzene rings is 1. The molecule has 0 saturated heterocycles. The van der Waals surface area contributed by atoms with E-state index in [1.54, 1.807) is 0 Å². The maximum absolute atomic E-state index is 13.8. The van der Waals surface area contributed by atoms with Crippen LogP contribution in [-0.2, 0) is 0 Å². The Morgan fingerprint density at radius 2 is 1.73 bits per heavy atom. The van der Waals surface area contributed by atoms with Crippen molar-refractivity contribution in [3.63, 3.8) is 0 Å². The van der Waals surface area contributed by atoms with Gasteiger partial charge in [0.15, 0.2) is 17.5 Å². The molecular weight excluding hydrogens is 345 g/mol. The van der Waals surface area contributed by atoms with E-state index in [9.17, 15) is 18.0 Å². The maximum atomic E-state index is 13.8. The molecule has 0 unspecified atom stereocenters. The van der Waals surface area contributed by atoms with Crippen LogP contribution in [0, 0.1) is 17.5 Å². The van der Waals surface area contributed by atoms with Crippen molar-refractivity contribution in [1.29, 1.82) is 0 Å². The molecule has 8 heteroatoms. The number of carbonyl (C=O) groups is 1. The van der Waals surface area contributed by atoms with Crippen molar-refractivity contribution in [2.75, 3.05) is 5.32 Å². The van der Waals surface area contributed by atoms with Crippen LogP contribution >= 0.6 is 0 Å². The molecule has 1 fully saturated rings. The second-order valence-corrected chi connectivity index (χ2v) is 6.30. The summed E-state index contributed by atoms with van der Waals surface area (Å²) in [5, 5.41) is 5.49. The summed E-state index contributed by atoms with van der Waals surface area (Å²) < 4.78 is 40.1. The first-order valence-corrected chi connectivity index (χ1v) is 8.58. The first kappa shape index (κ1) is 18.2. The third kappa shape index (κ3) is 4.30. The summed E-state index contributed by atoms with van der Waals surface area (Å²) in [7, 11) is 0. The standard InChI is InChI=1S/C18H19F3N4O/c19-12-7-8-13(17(21)16(12)20)25-15-9-14(22-10-23-15)18(26)24-11-5-3-1-2-4-6-11/h7-11H,1-6H2,(H,24,26)(H,22,23,25). The first-order valence-electron chi connectivity index (χ1n) is 8.58. The molecule has 1 heterocycles. The number of rotatable bonds is 4. The van der Waals surface area contributed by atoms with Gasteiger partial charge in [-0.2, -0.15) is 0 Å². The van der Waals surface area contributed by atoms with E-state index in [2.05, 4.69) is 20.6 Å². The van der Waals surface area contributed by atoms with Crippen molar-refractivity contribution in [3.05, 3.63) is 47.7 Å². The van der Waals surface area contributed by atoms with Crippen molar-refractivity contribution in [3.8, 4) is 0 Å². The van der Waals surface area contributed by atoms with Gasteiger partial charge < -0.3 is 10.6 Å². The topological polar surface area (TPSA) is 66.9 Å². The Hall–Kier alpha value is -2.64.